The molecule has 88 valence electrons. The van der Waals surface area contributed by atoms with E-state index >= 15 is 0 Å². The zero-order chi connectivity index (χ0) is 10.8. The summed E-state index contributed by atoms with van der Waals surface area (Å²) in [6.07, 6.45) is 0. The van der Waals surface area contributed by atoms with E-state index in [4.69, 9.17) is 10.2 Å². The van der Waals surface area contributed by atoms with Crippen LogP contribution in [0, 0.1) is 5.92 Å². The summed E-state index contributed by atoms with van der Waals surface area (Å²) in [6.45, 7) is 1.20. The van der Waals surface area contributed by atoms with Crippen LogP contribution in [0.4, 0.5) is 0 Å². The van der Waals surface area contributed by atoms with Crippen LogP contribution in [-0.2, 0) is 4.79 Å². The maximum atomic E-state index is 11.0. The fourth-order valence-electron chi connectivity index (χ4n) is 2.01. The number of hydrogen-bond donors (Lipinski definition) is 3. The summed E-state index contributed by atoms with van der Waals surface area (Å²) in [7, 11) is 0. The lowest BCUT2D eigenvalue weighted by Gasteiger charge is -2.14. The average molecular weight is 244 g/mol. The molecule has 1 aliphatic heterocycles. The molecule has 1 fully saturated rings. The highest BCUT2D eigenvalue weighted by atomic mass is 35.5. The molecule has 1 saturated heterocycles. The van der Waals surface area contributed by atoms with Crippen LogP contribution in [0.1, 0.15) is 11.5 Å². The third-order valence-electron chi connectivity index (χ3n) is 2.85. The van der Waals surface area contributed by atoms with Crippen molar-refractivity contribution in [2.75, 3.05) is 13.1 Å². The van der Waals surface area contributed by atoms with Gasteiger partial charge in [-0.2, -0.15) is 0 Å². The zero-order valence-electron chi connectivity index (χ0n) is 8.59. The van der Waals surface area contributed by atoms with Gasteiger partial charge in [0.15, 0.2) is 0 Å². The summed E-state index contributed by atoms with van der Waals surface area (Å²) in [5.41, 5.74) is 0.963. The van der Waals surface area contributed by atoms with Crippen molar-refractivity contribution in [1.29, 1.82) is 0 Å². The van der Waals surface area contributed by atoms with Crippen molar-refractivity contribution in [1.82, 2.24) is 5.32 Å². The fourth-order valence-corrected chi connectivity index (χ4v) is 2.01. The van der Waals surface area contributed by atoms with Gasteiger partial charge in [0.25, 0.3) is 0 Å². The number of carbonyl (C=O) groups is 1. The first kappa shape index (κ1) is 12.8. The second-order valence-corrected chi connectivity index (χ2v) is 3.80. The minimum atomic E-state index is -0.766. The van der Waals surface area contributed by atoms with Crippen LogP contribution in [0.5, 0.6) is 5.75 Å². The van der Waals surface area contributed by atoms with Crippen molar-refractivity contribution in [2.45, 2.75) is 5.92 Å². The molecule has 0 spiro atoms. The van der Waals surface area contributed by atoms with E-state index < -0.39 is 5.97 Å². The monoisotopic (exact) mass is 243 g/mol. The highest BCUT2D eigenvalue weighted by Crippen LogP contribution is 2.29. The van der Waals surface area contributed by atoms with Crippen LogP contribution in [-0.4, -0.2) is 29.3 Å². The lowest BCUT2D eigenvalue weighted by molar-refractivity contribution is -0.141. The second kappa shape index (κ2) is 5.18. The molecule has 3 N–H and O–H groups in total. The van der Waals surface area contributed by atoms with Crippen molar-refractivity contribution < 1.29 is 15.0 Å². The van der Waals surface area contributed by atoms with Gasteiger partial charge in [-0.15, -0.1) is 12.4 Å². The van der Waals surface area contributed by atoms with Gasteiger partial charge >= 0.3 is 5.97 Å². The second-order valence-electron chi connectivity index (χ2n) is 3.80. The molecular formula is C11H14ClNO3. The summed E-state index contributed by atoms with van der Waals surface area (Å²) in [5.74, 6) is -0.924. The predicted octanol–water partition coefficient (Wildman–Crippen LogP) is 1.20. The fraction of sp³-hybridized carbons (Fsp3) is 0.364. The molecule has 0 radical (unpaired) electrons. The highest BCUT2D eigenvalue weighted by Gasteiger charge is 2.33. The third-order valence-corrected chi connectivity index (χ3v) is 2.85. The molecule has 16 heavy (non-hydrogen) atoms. The van der Waals surface area contributed by atoms with Crippen LogP contribution in [0.3, 0.4) is 0 Å². The molecule has 0 bridgehead atoms. The van der Waals surface area contributed by atoms with Gasteiger partial charge in [0, 0.05) is 19.0 Å². The molecule has 5 heteroatoms. The van der Waals surface area contributed by atoms with Gasteiger partial charge in [-0.05, 0) is 17.7 Å². The maximum absolute atomic E-state index is 11.0. The molecule has 1 aliphatic rings. The Morgan fingerprint density at radius 1 is 1.25 bits per heavy atom. The number of aliphatic carboxylic acids is 1. The van der Waals surface area contributed by atoms with Crippen molar-refractivity contribution in [2.24, 2.45) is 5.92 Å². The highest BCUT2D eigenvalue weighted by molar-refractivity contribution is 5.85. The number of aromatic hydroxyl groups is 1. The minimum absolute atomic E-state index is 0. The Kier molecular flexibility index (Phi) is 4.15. The van der Waals surface area contributed by atoms with E-state index in [9.17, 15) is 4.79 Å². The number of carboxylic acids is 1. The molecule has 0 aliphatic carbocycles. The summed E-state index contributed by atoms with van der Waals surface area (Å²) in [5, 5.41) is 21.2. The normalized spacial score (nSPS) is 23.8. The van der Waals surface area contributed by atoms with Crippen molar-refractivity contribution in [3.05, 3.63) is 29.8 Å². The lowest BCUT2D eigenvalue weighted by atomic mass is 9.89. The quantitative estimate of drug-likeness (QED) is 0.730. The molecule has 0 unspecified atom stereocenters. The maximum Gasteiger partial charge on any atom is 0.308 e. The van der Waals surface area contributed by atoms with Crippen LogP contribution in [0.25, 0.3) is 0 Å². The average Bonchev–Trinajstić information content (AvgIpc) is 2.67. The SMILES string of the molecule is Cl.O=C(O)[C@@H]1CNC[C@H]1c1ccc(O)cc1. The number of phenolic OH excluding ortho intramolecular Hbond substituents is 1. The van der Waals surface area contributed by atoms with E-state index in [2.05, 4.69) is 5.32 Å². The summed E-state index contributed by atoms with van der Waals surface area (Å²) < 4.78 is 0. The van der Waals surface area contributed by atoms with Crippen LogP contribution >= 0.6 is 12.4 Å². The van der Waals surface area contributed by atoms with Crippen LogP contribution in [0.2, 0.25) is 0 Å². The van der Waals surface area contributed by atoms with E-state index in [0.717, 1.165) is 5.56 Å². The largest absolute Gasteiger partial charge is 0.508 e. The van der Waals surface area contributed by atoms with Gasteiger partial charge in [-0.3, -0.25) is 4.79 Å². The molecule has 0 amide bonds. The smallest absolute Gasteiger partial charge is 0.308 e. The molecule has 2 rings (SSSR count). The Morgan fingerprint density at radius 3 is 2.44 bits per heavy atom. The van der Waals surface area contributed by atoms with Gasteiger partial charge in [-0.25, -0.2) is 0 Å². The summed E-state index contributed by atoms with van der Waals surface area (Å²) in [6, 6.07) is 6.74. The molecule has 0 saturated carbocycles. The Labute approximate surface area is 99.7 Å². The van der Waals surface area contributed by atoms with Crippen LogP contribution in [0.15, 0.2) is 24.3 Å². The van der Waals surface area contributed by atoms with Gasteiger partial charge < -0.3 is 15.5 Å². The number of nitrogens with one attached hydrogen (secondary N) is 1. The Hall–Kier alpha value is -1.26. The molecule has 1 aromatic carbocycles. The molecule has 4 nitrogen and oxygen atoms in total. The topological polar surface area (TPSA) is 69.6 Å². The molecular weight excluding hydrogens is 230 g/mol. The minimum Gasteiger partial charge on any atom is -0.508 e. The number of benzene rings is 1. The number of halogens is 1. The molecule has 0 aromatic heterocycles. The Morgan fingerprint density at radius 2 is 1.88 bits per heavy atom. The summed E-state index contributed by atoms with van der Waals surface area (Å²) in [4.78, 5) is 11.0. The number of rotatable bonds is 2. The van der Waals surface area contributed by atoms with E-state index in [-0.39, 0.29) is 30.0 Å². The number of hydrogen-bond acceptors (Lipinski definition) is 3. The Bertz CT molecular complexity index is 366. The van der Waals surface area contributed by atoms with Crippen LogP contribution < -0.4 is 5.32 Å². The zero-order valence-corrected chi connectivity index (χ0v) is 9.41. The standard InChI is InChI=1S/C11H13NO3.ClH/c13-8-3-1-7(2-4-8)9-5-12-6-10(9)11(14)15;/h1-4,9-10,12-13H,5-6H2,(H,14,15);1H/t9-,10+;/m0./s1. The van der Waals surface area contributed by atoms with Gasteiger partial charge in [0.05, 0.1) is 5.92 Å². The van der Waals surface area contributed by atoms with Crippen molar-refractivity contribution in [3.63, 3.8) is 0 Å². The predicted molar refractivity (Wildman–Crippen MR) is 62.1 cm³/mol. The van der Waals surface area contributed by atoms with E-state index in [1.54, 1.807) is 24.3 Å². The van der Waals surface area contributed by atoms with E-state index in [1.807, 2.05) is 0 Å². The van der Waals surface area contributed by atoms with Crippen molar-refractivity contribution >= 4 is 18.4 Å². The van der Waals surface area contributed by atoms with Gasteiger partial charge in [-0.1, -0.05) is 12.1 Å². The first-order chi connectivity index (χ1) is 7.18. The Balaban J connectivity index is 0.00000128. The first-order valence-corrected chi connectivity index (χ1v) is 4.91. The van der Waals surface area contributed by atoms with Gasteiger partial charge in [0.1, 0.15) is 5.75 Å². The summed E-state index contributed by atoms with van der Waals surface area (Å²) >= 11 is 0. The van der Waals surface area contributed by atoms with Gasteiger partial charge in [0.2, 0.25) is 0 Å². The third kappa shape index (κ3) is 2.46. The molecule has 2 atom stereocenters. The number of carboxylic acid groups (broad SMARTS) is 1. The van der Waals surface area contributed by atoms with Crippen molar-refractivity contribution in [3.8, 4) is 5.75 Å². The van der Waals surface area contributed by atoms with E-state index in [1.165, 1.54) is 0 Å². The lowest BCUT2D eigenvalue weighted by Crippen LogP contribution is -2.20. The number of phenols is 1. The molecule has 1 aromatic rings. The molecule has 1 heterocycles. The first-order valence-electron chi connectivity index (χ1n) is 4.91. The van der Waals surface area contributed by atoms with E-state index in [0.29, 0.717) is 13.1 Å².